The Morgan fingerprint density at radius 2 is 2.00 bits per heavy atom. The topological polar surface area (TPSA) is 116 Å². The number of likely N-dealkylation sites (tertiary alicyclic amines) is 1. The number of urea groups is 1. The minimum atomic E-state index is -3.37. The van der Waals surface area contributed by atoms with E-state index in [4.69, 9.17) is 5.11 Å². The van der Waals surface area contributed by atoms with Crippen molar-refractivity contribution in [2.45, 2.75) is 44.7 Å². The van der Waals surface area contributed by atoms with E-state index in [0.29, 0.717) is 13.0 Å². The first kappa shape index (κ1) is 17.7. The Balaban J connectivity index is 2.55. The lowest BCUT2D eigenvalue weighted by atomic mass is 10.1. The van der Waals surface area contributed by atoms with E-state index < -0.39 is 21.5 Å². The lowest BCUT2D eigenvalue weighted by Crippen LogP contribution is -2.53. The molecule has 1 saturated heterocycles. The first-order chi connectivity index (χ1) is 9.50. The zero-order valence-corrected chi connectivity index (χ0v) is 13.4. The monoisotopic (exact) mass is 321 g/mol. The molecule has 3 N–H and O–H groups in total. The van der Waals surface area contributed by atoms with Crippen molar-refractivity contribution in [2.24, 2.45) is 0 Å². The second-order valence-corrected chi connectivity index (χ2v) is 7.75. The summed E-state index contributed by atoms with van der Waals surface area (Å²) in [6.45, 7) is 3.96. The van der Waals surface area contributed by atoms with Gasteiger partial charge in [0.05, 0.1) is 12.7 Å². The maximum absolute atomic E-state index is 12.1. The Labute approximate surface area is 124 Å². The molecule has 0 aliphatic carbocycles. The van der Waals surface area contributed by atoms with Crippen molar-refractivity contribution >= 4 is 22.0 Å². The molecule has 0 radical (unpaired) electrons. The molecule has 1 atom stereocenters. The summed E-state index contributed by atoms with van der Waals surface area (Å²) in [5.74, 6) is -0.932. The largest absolute Gasteiger partial charge is 0.481 e. The average molecular weight is 321 g/mol. The van der Waals surface area contributed by atoms with Crippen molar-refractivity contribution in [1.29, 1.82) is 0 Å². The molecule has 0 spiro atoms. The molecule has 1 unspecified atom stereocenters. The average Bonchev–Trinajstić information content (AvgIpc) is 2.70. The van der Waals surface area contributed by atoms with Crippen LogP contribution in [0.5, 0.6) is 0 Å². The Bertz CT molecular complexity index is 503. The molecule has 0 bridgehead atoms. The highest BCUT2D eigenvalue weighted by atomic mass is 32.2. The molecule has 2 amide bonds. The molecule has 1 aliphatic rings. The van der Waals surface area contributed by atoms with E-state index in [1.807, 2.05) is 0 Å². The highest BCUT2D eigenvalue weighted by molar-refractivity contribution is 7.88. The predicted octanol–water partition coefficient (Wildman–Crippen LogP) is -0.0371. The summed E-state index contributed by atoms with van der Waals surface area (Å²) in [5, 5.41) is 11.5. The van der Waals surface area contributed by atoms with Crippen LogP contribution >= 0.6 is 0 Å². The van der Waals surface area contributed by atoms with Gasteiger partial charge in [-0.2, -0.15) is 0 Å². The summed E-state index contributed by atoms with van der Waals surface area (Å²) in [5.41, 5.74) is -0.814. The number of hydrogen-bond acceptors (Lipinski definition) is 4. The van der Waals surface area contributed by atoms with E-state index in [-0.39, 0.29) is 25.0 Å². The van der Waals surface area contributed by atoms with Crippen LogP contribution in [-0.4, -0.2) is 61.4 Å². The third-order valence-electron chi connectivity index (χ3n) is 3.19. The number of amides is 2. The van der Waals surface area contributed by atoms with E-state index in [0.717, 1.165) is 12.7 Å². The number of carbonyl (C=O) groups is 2. The molecule has 0 aromatic heterocycles. The fourth-order valence-corrected chi connectivity index (χ4v) is 3.53. The molecule has 1 rings (SSSR count). The van der Waals surface area contributed by atoms with Crippen LogP contribution in [0.4, 0.5) is 4.79 Å². The quantitative estimate of drug-likeness (QED) is 0.635. The van der Waals surface area contributed by atoms with Gasteiger partial charge < -0.3 is 15.3 Å². The number of rotatable bonds is 6. The Morgan fingerprint density at radius 3 is 2.52 bits per heavy atom. The first-order valence-electron chi connectivity index (χ1n) is 6.75. The van der Waals surface area contributed by atoms with Crippen molar-refractivity contribution in [3.63, 3.8) is 0 Å². The first-order valence-corrected chi connectivity index (χ1v) is 8.64. The van der Waals surface area contributed by atoms with Gasteiger partial charge in [-0.25, -0.2) is 17.9 Å². The van der Waals surface area contributed by atoms with Crippen molar-refractivity contribution in [1.82, 2.24) is 14.9 Å². The van der Waals surface area contributed by atoms with Crippen molar-refractivity contribution in [3.8, 4) is 0 Å². The fraction of sp³-hybridized carbons (Fsp3) is 0.833. The molecule has 0 saturated carbocycles. The summed E-state index contributed by atoms with van der Waals surface area (Å²) in [6.07, 6.45) is 2.43. The summed E-state index contributed by atoms with van der Waals surface area (Å²) in [7, 11) is -3.37. The van der Waals surface area contributed by atoms with Gasteiger partial charge in [-0.3, -0.25) is 4.79 Å². The van der Waals surface area contributed by atoms with Crippen LogP contribution < -0.4 is 10.0 Å². The normalized spacial score (nSPS) is 19.6. The van der Waals surface area contributed by atoms with Gasteiger partial charge in [0.25, 0.3) is 0 Å². The number of nitrogens with zero attached hydrogens (tertiary/aromatic N) is 1. The predicted molar refractivity (Wildman–Crippen MR) is 77.4 cm³/mol. The lowest BCUT2D eigenvalue weighted by Gasteiger charge is -2.29. The van der Waals surface area contributed by atoms with Crippen LogP contribution in [0, 0.1) is 0 Å². The number of sulfonamides is 1. The number of carbonyl (C=O) groups excluding carboxylic acids is 1. The second-order valence-electron chi connectivity index (χ2n) is 6.00. The minimum Gasteiger partial charge on any atom is -0.481 e. The summed E-state index contributed by atoms with van der Waals surface area (Å²) >= 11 is 0. The molecule has 21 heavy (non-hydrogen) atoms. The van der Waals surface area contributed by atoms with Gasteiger partial charge in [-0.1, -0.05) is 0 Å². The third-order valence-corrected chi connectivity index (χ3v) is 4.11. The fourth-order valence-electron chi connectivity index (χ4n) is 2.45. The zero-order chi connectivity index (χ0) is 16.3. The van der Waals surface area contributed by atoms with E-state index in [9.17, 15) is 18.0 Å². The van der Waals surface area contributed by atoms with Gasteiger partial charge in [0.15, 0.2) is 0 Å². The van der Waals surface area contributed by atoms with Gasteiger partial charge in [-0.05, 0) is 26.7 Å². The molecule has 9 heteroatoms. The zero-order valence-electron chi connectivity index (χ0n) is 12.5. The highest BCUT2D eigenvalue weighted by Gasteiger charge is 2.31. The Morgan fingerprint density at radius 1 is 1.38 bits per heavy atom. The summed E-state index contributed by atoms with van der Waals surface area (Å²) < 4.78 is 24.9. The van der Waals surface area contributed by atoms with Crippen molar-refractivity contribution < 1.29 is 23.1 Å². The molecular formula is C12H23N3O5S. The van der Waals surface area contributed by atoms with Gasteiger partial charge in [-0.15, -0.1) is 0 Å². The Kier molecular flexibility index (Phi) is 5.57. The molecule has 1 heterocycles. The van der Waals surface area contributed by atoms with Gasteiger partial charge in [0.1, 0.15) is 0 Å². The highest BCUT2D eigenvalue weighted by Crippen LogP contribution is 2.20. The van der Waals surface area contributed by atoms with Crippen LogP contribution in [-0.2, 0) is 14.8 Å². The van der Waals surface area contributed by atoms with Crippen LogP contribution in [0.2, 0.25) is 0 Å². The van der Waals surface area contributed by atoms with Gasteiger partial charge in [0, 0.05) is 24.7 Å². The van der Waals surface area contributed by atoms with Gasteiger partial charge >= 0.3 is 12.0 Å². The van der Waals surface area contributed by atoms with Crippen LogP contribution in [0.3, 0.4) is 0 Å². The maximum atomic E-state index is 12.1. The third kappa shape index (κ3) is 6.30. The summed E-state index contributed by atoms with van der Waals surface area (Å²) in [4.78, 5) is 24.4. The van der Waals surface area contributed by atoms with Crippen molar-refractivity contribution in [3.05, 3.63) is 0 Å². The standard InChI is InChI=1S/C12H23N3O5S/c1-12(2,14-21(3,19)20)8-13-11(18)15-6-4-5-9(15)7-10(16)17/h9,14H,4-8H2,1-3H3,(H,13,18)(H,16,17). The number of carboxylic acids is 1. The van der Waals surface area contributed by atoms with Crippen LogP contribution in [0.1, 0.15) is 33.1 Å². The number of aliphatic carboxylic acids is 1. The Hall–Kier alpha value is -1.35. The molecule has 1 aliphatic heterocycles. The number of carboxylic acid groups (broad SMARTS) is 1. The SMILES string of the molecule is CC(C)(CNC(=O)N1CCCC1CC(=O)O)NS(C)(=O)=O. The van der Waals surface area contributed by atoms with Crippen LogP contribution in [0.25, 0.3) is 0 Å². The smallest absolute Gasteiger partial charge is 0.317 e. The second kappa shape index (κ2) is 6.61. The molecule has 122 valence electrons. The van der Waals surface area contributed by atoms with E-state index in [1.165, 1.54) is 4.90 Å². The molecule has 0 aromatic rings. The number of hydrogen-bond donors (Lipinski definition) is 3. The summed E-state index contributed by atoms with van der Waals surface area (Å²) in [6, 6.07) is -0.657. The molecule has 8 nitrogen and oxygen atoms in total. The lowest BCUT2D eigenvalue weighted by molar-refractivity contribution is -0.137. The molecule has 1 fully saturated rings. The van der Waals surface area contributed by atoms with E-state index >= 15 is 0 Å². The van der Waals surface area contributed by atoms with Gasteiger partial charge in [0.2, 0.25) is 10.0 Å². The van der Waals surface area contributed by atoms with E-state index in [1.54, 1.807) is 13.8 Å². The van der Waals surface area contributed by atoms with Crippen LogP contribution in [0.15, 0.2) is 0 Å². The van der Waals surface area contributed by atoms with Crippen molar-refractivity contribution in [2.75, 3.05) is 19.3 Å². The molecular weight excluding hydrogens is 298 g/mol. The maximum Gasteiger partial charge on any atom is 0.317 e. The number of nitrogens with one attached hydrogen (secondary N) is 2. The molecule has 0 aromatic carbocycles. The van der Waals surface area contributed by atoms with E-state index in [2.05, 4.69) is 10.0 Å². The minimum absolute atomic E-state index is 0.0710.